The number of nitrogens with one attached hydrogen (secondary N) is 1. The maximum absolute atomic E-state index is 6.31. The number of aromatic nitrogens is 1. The molecule has 0 spiro atoms. The van der Waals surface area contributed by atoms with Gasteiger partial charge in [-0.1, -0.05) is 35.9 Å². The van der Waals surface area contributed by atoms with E-state index in [0.717, 1.165) is 38.1 Å². The average molecular weight is 377 g/mol. The number of benzene rings is 2. The molecule has 0 aliphatic carbocycles. The van der Waals surface area contributed by atoms with Gasteiger partial charge in [0.25, 0.3) is 0 Å². The zero-order valence-electron chi connectivity index (χ0n) is 13.3. The van der Waals surface area contributed by atoms with Crippen molar-refractivity contribution < 1.29 is 0 Å². The number of hydrogen-bond donors (Lipinski definition) is 1. The van der Waals surface area contributed by atoms with Gasteiger partial charge in [-0.3, -0.25) is 0 Å². The highest BCUT2D eigenvalue weighted by Gasteiger charge is 2.17. The van der Waals surface area contributed by atoms with Crippen LogP contribution in [0.2, 0.25) is 5.02 Å². The summed E-state index contributed by atoms with van der Waals surface area (Å²) in [7, 11) is 0. The van der Waals surface area contributed by atoms with Gasteiger partial charge in [0.15, 0.2) is 5.84 Å². The Labute approximate surface area is 158 Å². The van der Waals surface area contributed by atoms with E-state index < -0.39 is 0 Å². The lowest BCUT2D eigenvalue weighted by molar-refractivity contribution is 1.27. The van der Waals surface area contributed by atoms with E-state index in [9.17, 15) is 0 Å². The second-order valence-electron chi connectivity index (χ2n) is 5.71. The van der Waals surface area contributed by atoms with Gasteiger partial charge in [-0.25, -0.2) is 10.3 Å². The first-order chi connectivity index (χ1) is 12.8. The summed E-state index contributed by atoms with van der Waals surface area (Å²) in [6.45, 7) is 0. The number of amidine groups is 1. The van der Waals surface area contributed by atoms with E-state index in [0.29, 0.717) is 10.9 Å². The molecule has 4 aromatic rings. The molecule has 0 saturated carbocycles. The Bertz CT molecular complexity index is 1210. The van der Waals surface area contributed by atoms with Crippen molar-refractivity contribution >= 4 is 67.6 Å². The summed E-state index contributed by atoms with van der Waals surface area (Å²) in [6, 6.07) is 15.7. The third-order valence-electron chi connectivity index (χ3n) is 4.18. The lowest BCUT2D eigenvalue weighted by Gasteiger charge is -2.12. The summed E-state index contributed by atoms with van der Waals surface area (Å²) in [4.78, 5) is 4.90. The van der Waals surface area contributed by atoms with Gasteiger partial charge in [0, 0.05) is 21.0 Å². The van der Waals surface area contributed by atoms with Crippen LogP contribution in [0.5, 0.6) is 0 Å². The van der Waals surface area contributed by atoms with Crippen molar-refractivity contribution in [2.45, 2.75) is 0 Å². The summed E-state index contributed by atoms with van der Waals surface area (Å²) in [5.74, 6) is 1.33. The van der Waals surface area contributed by atoms with Crippen LogP contribution in [0.4, 0.5) is 11.5 Å². The quantitative estimate of drug-likeness (QED) is 0.537. The summed E-state index contributed by atoms with van der Waals surface area (Å²) in [5, 5.41) is 20.4. The van der Waals surface area contributed by atoms with E-state index in [-0.39, 0.29) is 0 Å². The zero-order chi connectivity index (χ0) is 17.5. The normalized spacial score (nSPS) is 13.2. The number of para-hydroxylation sites is 2. The lowest BCUT2D eigenvalue weighted by Crippen LogP contribution is -2.12. The number of halogens is 1. The Hall–Kier alpha value is -2.96. The minimum Gasteiger partial charge on any atom is -0.338 e. The van der Waals surface area contributed by atoms with Crippen LogP contribution in [-0.2, 0) is 0 Å². The van der Waals surface area contributed by atoms with E-state index in [2.05, 4.69) is 38.3 Å². The monoisotopic (exact) mass is 376 g/mol. The Kier molecular flexibility index (Phi) is 3.58. The summed E-state index contributed by atoms with van der Waals surface area (Å²) in [5.41, 5.74) is 2.51. The molecule has 2 aromatic carbocycles. The Morgan fingerprint density at radius 2 is 1.88 bits per heavy atom. The van der Waals surface area contributed by atoms with Crippen molar-refractivity contribution in [3.05, 3.63) is 64.5 Å². The van der Waals surface area contributed by atoms with Crippen molar-refractivity contribution in [2.75, 3.05) is 5.32 Å². The number of rotatable bonds is 3. The predicted octanol–water partition coefficient (Wildman–Crippen LogP) is 5.15. The highest BCUT2D eigenvalue weighted by atomic mass is 35.5. The van der Waals surface area contributed by atoms with Gasteiger partial charge in [0.05, 0.1) is 16.2 Å². The van der Waals surface area contributed by atoms with E-state index in [4.69, 9.17) is 16.6 Å². The van der Waals surface area contributed by atoms with Gasteiger partial charge in [-0.2, -0.15) is 0 Å². The van der Waals surface area contributed by atoms with Gasteiger partial charge >= 0.3 is 0 Å². The number of anilines is 2. The maximum Gasteiger partial charge on any atom is 0.185 e. The van der Waals surface area contributed by atoms with Crippen LogP contribution in [0.25, 0.3) is 21.0 Å². The molecule has 3 heterocycles. The number of pyridine rings is 1. The molecule has 1 radical (unpaired) electrons. The third kappa shape index (κ3) is 2.42. The van der Waals surface area contributed by atoms with E-state index in [1.807, 2.05) is 36.4 Å². The second-order valence-corrected chi connectivity index (χ2v) is 7.04. The Morgan fingerprint density at radius 3 is 2.73 bits per heavy atom. The van der Waals surface area contributed by atoms with Gasteiger partial charge in [0.2, 0.25) is 0 Å². The highest BCUT2D eigenvalue weighted by molar-refractivity contribution is 7.18. The third-order valence-corrected chi connectivity index (χ3v) is 5.45. The molecular formula is C19H11ClN5S. The highest BCUT2D eigenvalue weighted by Crippen LogP contribution is 2.37. The zero-order valence-corrected chi connectivity index (χ0v) is 14.9. The topological polar surface area (TPSA) is 63.7 Å². The maximum atomic E-state index is 6.31. The Morgan fingerprint density at radius 1 is 0.962 bits per heavy atom. The van der Waals surface area contributed by atoms with Gasteiger partial charge in [0.1, 0.15) is 12.2 Å². The first kappa shape index (κ1) is 15.3. The van der Waals surface area contributed by atoms with Crippen LogP contribution >= 0.6 is 22.9 Å². The molecule has 0 amide bonds. The van der Waals surface area contributed by atoms with Crippen LogP contribution in [-0.4, -0.2) is 17.2 Å². The predicted molar refractivity (Wildman–Crippen MR) is 109 cm³/mol. The minimum absolute atomic E-state index is 0.572. The average Bonchev–Trinajstić information content (AvgIpc) is 3.35. The first-order valence-electron chi connectivity index (χ1n) is 7.93. The number of thiophene rings is 1. The van der Waals surface area contributed by atoms with Crippen LogP contribution in [0.1, 0.15) is 5.56 Å². The fourth-order valence-corrected chi connectivity index (χ4v) is 4.11. The van der Waals surface area contributed by atoms with Crippen LogP contribution in [0.3, 0.4) is 0 Å². The van der Waals surface area contributed by atoms with Crippen LogP contribution in [0, 0.1) is 0 Å². The number of fused-ring (bicyclic) bond motifs is 3. The molecule has 5 nitrogen and oxygen atoms in total. The molecule has 26 heavy (non-hydrogen) atoms. The van der Waals surface area contributed by atoms with Gasteiger partial charge < -0.3 is 5.32 Å². The van der Waals surface area contributed by atoms with Crippen molar-refractivity contribution in [1.29, 1.82) is 0 Å². The van der Waals surface area contributed by atoms with Crippen molar-refractivity contribution in [3.8, 4) is 0 Å². The van der Waals surface area contributed by atoms with E-state index in [1.165, 1.54) is 6.34 Å². The summed E-state index contributed by atoms with van der Waals surface area (Å²) in [6.07, 6.45) is 1.45. The van der Waals surface area contributed by atoms with Crippen molar-refractivity contribution in [3.63, 3.8) is 0 Å². The standard InChI is InChI=1S/C19H11ClN5S/c20-14-6-1-2-7-15(14)23-19-13-8-9-26-17(13)11-4-3-5-12(16(11)24-19)18-21-10-22-25-18/h1-10H,(H,23,24). The van der Waals surface area contributed by atoms with E-state index in [1.54, 1.807) is 11.3 Å². The molecule has 5 rings (SSSR count). The van der Waals surface area contributed by atoms with Crippen LogP contribution in [0.15, 0.2) is 64.1 Å². The fourth-order valence-electron chi connectivity index (χ4n) is 3.00. The molecule has 0 saturated heterocycles. The van der Waals surface area contributed by atoms with Crippen molar-refractivity contribution in [2.24, 2.45) is 10.2 Å². The van der Waals surface area contributed by atoms with E-state index >= 15 is 0 Å². The minimum atomic E-state index is 0.572. The molecule has 125 valence electrons. The van der Waals surface area contributed by atoms with Crippen molar-refractivity contribution in [1.82, 2.24) is 10.3 Å². The fraction of sp³-hybridized carbons (Fsp3) is 0. The molecule has 7 heteroatoms. The Balaban J connectivity index is 1.76. The second kappa shape index (κ2) is 6.09. The molecular weight excluding hydrogens is 366 g/mol. The lowest BCUT2D eigenvalue weighted by atomic mass is 10.1. The molecule has 0 fully saturated rings. The molecule has 1 N–H and O–H groups in total. The largest absolute Gasteiger partial charge is 0.338 e. The molecule has 0 atom stereocenters. The summed E-state index contributed by atoms with van der Waals surface area (Å²) < 4.78 is 1.16. The molecule has 0 unspecified atom stereocenters. The number of hydrogen-bond acceptors (Lipinski definition) is 5. The number of nitrogens with zero attached hydrogens (tertiary/aromatic N) is 4. The SMILES string of the molecule is Clc1ccccc1Nc1nc2c(C3=NN=C[N]3)cccc2c2sccc12. The van der Waals surface area contributed by atoms with Gasteiger partial charge in [-0.15, -0.1) is 21.5 Å². The molecule has 0 bridgehead atoms. The molecule has 1 aliphatic rings. The molecule has 1 aliphatic heterocycles. The van der Waals surface area contributed by atoms with Crippen LogP contribution < -0.4 is 10.6 Å². The first-order valence-corrected chi connectivity index (χ1v) is 9.19. The smallest absolute Gasteiger partial charge is 0.185 e. The van der Waals surface area contributed by atoms with Gasteiger partial charge in [-0.05, 0) is 29.6 Å². The summed E-state index contributed by atoms with van der Waals surface area (Å²) >= 11 is 8.00. The molecule has 2 aromatic heterocycles.